The third kappa shape index (κ3) is 7.45. The van der Waals surface area contributed by atoms with E-state index in [1.165, 1.54) is 22.3 Å². The largest absolute Gasteiger partial charge is 1.00 e. The minimum atomic E-state index is 0. The van der Waals surface area contributed by atoms with E-state index >= 15 is 0 Å². The van der Waals surface area contributed by atoms with E-state index in [-0.39, 0.29) is 34.0 Å². The molecule has 0 spiro atoms. The Labute approximate surface area is 201 Å². The Bertz CT molecular complexity index is 1020. The van der Waals surface area contributed by atoms with Crippen molar-refractivity contribution in [2.24, 2.45) is 0 Å². The fourth-order valence-electron chi connectivity index (χ4n) is 2.76. The van der Waals surface area contributed by atoms with E-state index in [2.05, 4.69) is 97.4 Å². The molecule has 0 atom stereocenters. The van der Waals surface area contributed by atoms with Crippen LogP contribution in [0.1, 0.15) is 33.4 Å². The lowest BCUT2D eigenvalue weighted by Crippen LogP contribution is -3.00. The van der Waals surface area contributed by atoms with E-state index in [0.717, 1.165) is 11.1 Å². The van der Waals surface area contributed by atoms with Crippen LogP contribution in [-0.2, 0) is 13.1 Å². The number of nitrogens with zero attached hydrogens (tertiary/aromatic N) is 2. The summed E-state index contributed by atoms with van der Waals surface area (Å²) >= 11 is 0. The Morgan fingerprint density at radius 1 is 0.567 bits per heavy atom. The minimum absolute atomic E-state index is 0. The average molecular weight is 526 g/mol. The minimum Gasteiger partial charge on any atom is -1.00 e. The molecule has 2 aromatic heterocycles. The number of rotatable bonds is 2. The third-order valence-corrected chi connectivity index (χ3v) is 4.87. The molecule has 154 valence electrons. The molecule has 0 unspecified atom stereocenters. The molecule has 0 saturated heterocycles. The standard InChI is InChI=1S/C26H26N2.2BrH/c1-21-13-17-27(19-23(21)3)15-5-7-25-9-11-26(12-10-25)8-6-16-28-18-14-22(2)24(4)20-28;;/h9-14,17-20H,15-16H2,1-4H3;2*1H/q+2;;/p-2. The number of pyridine rings is 2. The summed E-state index contributed by atoms with van der Waals surface area (Å²) in [4.78, 5) is 0. The van der Waals surface area contributed by atoms with Gasteiger partial charge in [0.2, 0.25) is 13.1 Å². The number of hydrogen-bond acceptors (Lipinski definition) is 0. The van der Waals surface area contributed by atoms with Crippen LogP contribution in [-0.4, -0.2) is 0 Å². The Balaban J connectivity index is 0.00000225. The summed E-state index contributed by atoms with van der Waals surface area (Å²) in [6.45, 7) is 9.87. The van der Waals surface area contributed by atoms with Crippen LogP contribution in [0.4, 0.5) is 0 Å². The highest BCUT2D eigenvalue weighted by Gasteiger charge is 2.01. The van der Waals surface area contributed by atoms with Crippen LogP contribution >= 0.6 is 0 Å². The fraction of sp³-hybridized carbons (Fsp3) is 0.231. The van der Waals surface area contributed by atoms with Gasteiger partial charge < -0.3 is 34.0 Å². The van der Waals surface area contributed by atoms with Crippen molar-refractivity contribution in [3.05, 3.63) is 94.6 Å². The van der Waals surface area contributed by atoms with Crippen LogP contribution in [0.2, 0.25) is 0 Å². The first-order valence-corrected chi connectivity index (χ1v) is 9.52. The molecule has 0 saturated carbocycles. The maximum absolute atomic E-state index is 3.23. The van der Waals surface area contributed by atoms with Gasteiger partial charge >= 0.3 is 0 Å². The molecule has 1 aromatic carbocycles. The number of aromatic nitrogens is 2. The first kappa shape index (κ1) is 25.6. The Kier molecular flexibility index (Phi) is 10.5. The van der Waals surface area contributed by atoms with Crippen molar-refractivity contribution in [2.75, 3.05) is 0 Å². The lowest BCUT2D eigenvalue weighted by molar-refractivity contribution is -0.685. The van der Waals surface area contributed by atoms with Gasteiger partial charge in [-0.25, -0.2) is 0 Å². The monoisotopic (exact) mass is 524 g/mol. The molecule has 0 aliphatic carbocycles. The summed E-state index contributed by atoms with van der Waals surface area (Å²) in [5.74, 6) is 12.9. The van der Waals surface area contributed by atoms with E-state index in [4.69, 9.17) is 0 Å². The van der Waals surface area contributed by atoms with Gasteiger partial charge in [-0.05, 0) is 74.9 Å². The van der Waals surface area contributed by atoms with E-state index in [1.807, 2.05) is 24.3 Å². The Hall–Kier alpha value is -2.40. The maximum atomic E-state index is 3.23. The highest BCUT2D eigenvalue weighted by molar-refractivity contribution is 5.41. The fourth-order valence-corrected chi connectivity index (χ4v) is 2.76. The van der Waals surface area contributed by atoms with Gasteiger partial charge in [-0.15, -0.1) is 0 Å². The molecule has 0 N–H and O–H groups in total. The van der Waals surface area contributed by atoms with Gasteiger partial charge in [-0.1, -0.05) is 11.8 Å². The van der Waals surface area contributed by atoms with Crippen LogP contribution in [0.5, 0.6) is 0 Å². The van der Waals surface area contributed by atoms with Crippen LogP contribution in [0.3, 0.4) is 0 Å². The zero-order chi connectivity index (χ0) is 19.9. The Morgan fingerprint density at radius 3 is 1.27 bits per heavy atom. The van der Waals surface area contributed by atoms with Crippen LogP contribution in [0.15, 0.2) is 61.2 Å². The summed E-state index contributed by atoms with van der Waals surface area (Å²) in [6.07, 6.45) is 8.42. The van der Waals surface area contributed by atoms with E-state index in [1.54, 1.807) is 0 Å². The van der Waals surface area contributed by atoms with Gasteiger partial charge in [-0.3, -0.25) is 0 Å². The number of benzene rings is 1. The van der Waals surface area contributed by atoms with Crippen molar-refractivity contribution in [2.45, 2.75) is 40.8 Å². The van der Waals surface area contributed by atoms with Gasteiger partial charge in [-0.2, -0.15) is 9.13 Å². The lowest BCUT2D eigenvalue weighted by atomic mass is 10.1. The third-order valence-electron chi connectivity index (χ3n) is 4.87. The van der Waals surface area contributed by atoms with E-state index in [0.29, 0.717) is 13.1 Å². The molecule has 0 aliphatic heterocycles. The van der Waals surface area contributed by atoms with Gasteiger partial charge in [0.05, 0.1) is 0 Å². The van der Waals surface area contributed by atoms with E-state index < -0.39 is 0 Å². The normalized spacial score (nSPS) is 9.20. The number of halogens is 2. The van der Waals surface area contributed by atoms with Gasteiger partial charge in [0.1, 0.15) is 0 Å². The first-order valence-electron chi connectivity index (χ1n) is 9.52. The second kappa shape index (κ2) is 12.3. The predicted octanol–water partition coefficient (Wildman–Crippen LogP) is -2.39. The highest BCUT2D eigenvalue weighted by Crippen LogP contribution is 2.03. The van der Waals surface area contributed by atoms with Gasteiger partial charge in [0, 0.05) is 34.4 Å². The summed E-state index contributed by atoms with van der Waals surface area (Å²) in [7, 11) is 0. The van der Waals surface area contributed by atoms with Gasteiger partial charge in [0.25, 0.3) is 0 Å². The average Bonchev–Trinajstić information content (AvgIpc) is 2.69. The molecule has 2 heterocycles. The molecular formula is C26H26Br2N2. The van der Waals surface area contributed by atoms with Crippen LogP contribution in [0, 0.1) is 51.4 Å². The van der Waals surface area contributed by atoms with Crippen molar-refractivity contribution in [1.82, 2.24) is 0 Å². The quantitative estimate of drug-likeness (QED) is 0.260. The van der Waals surface area contributed by atoms with Gasteiger partial charge in [0.15, 0.2) is 24.8 Å². The number of aryl methyl sites for hydroxylation is 4. The molecule has 3 rings (SSSR count). The summed E-state index contributed by atoms with van der Waals surface area (Å²) in [5, 5.41) is 0. The molecule has 0 fully saturated rings. The topological polar surface area (TPSA) is 7.76 Å². The SMILES string of the molecule is Cc1cc[n+](CC#Cc2ccc(C#CC[n+]3ccc(C)c(C)c3)cc2)cc1C.[Br-].[Br-]. The molecule has 2 nitrogen and oxygen atoms in total. The van der Waals surface area contributed by atoms with Crippen LogP contribution in [0.25, 0.3) is 0 Å². The second-order valence-corrected chi connectivity index (χ2v) is 7.15. The molecule has 0 amide bonds. The Morgan fingerprint density at radius 2 is 0.933 bits per heavy atom. The lowest BCUT2D eigenvalue weighted by Gasteiger charge is -1.97. The molecule has 4 heteroatoms. The van der Waals surface area contributed by atoms with Crippen molar-refractivity contribution in [1.29, 1.82) is 0 Å². The molecule has 0 radical (unpaired) electrons. The predicted molar refractivity (Wildman–Crippen MR) is 112 cm³/mol. The second-order valence-electron chi connectivity index (χ2n) is 7.15. The zero-order valence-corrected chi connectivity index (χ0v) is 21.0. The zero-order valence-electron chi connectivity index (χ0n) is 17.8. The molecule has 0 aliphatic rings. The van der Waals surface area contributed by atoms with Crippen LogP contribution < -0.4 is 43.1 Å². The van der Waals surface area contributed by atoms with Crippen molar-refractivity contribution < 1.29 is 43.1 Å². The van der Waals surface area contributed by atoms with Crippen molar-refractivity contribution >= 4 is 0 Å². The molecule has 3 aromatic rings. The summed E-state index contributed by atoms with van der Waals surface area (Å²) in [6, 6.07) is 12.4. The maximum Gasteiger partial charge on any atom is 0.209 e. The summed E-state index contributed by atoms with van der Waals surface area (Å²) in [5.41, 5.74) is 7.20. The smallest absolute Gasteiger partial charge is 0.209 e. The molecule has 30 heavy (non-hydrogen) atoms. The highest BCUT2D eigenvalue weighted by atomic mass is 79.9. The molecule has 0 bridgehead atoms. The summed E-state index contributed by atoms with van der Waals surface area (Å²) < 4.78 is 4.22. The van der Waals surface area contributed by atoms with Crippen molar-refractivity contribution in [3.63, 3.8) is 0 Å². The first-order chi connectivity index (χ1) is 13.5. The molecular weight excluding hydrogens is 500 g/mol. The van der Waals surface area contributed by atoms with Crippen molar-refractivity contribution in [3.8, 4) is 23.7 Å². The number of hydrogen-bond donors (Lipinski definition) is 0. The van der Waals surface area contributed by atoms with E-state index in [9.17, 15) is 0 Å².